The molecule has 1 fully saturated rings. The van der Waals surface area contributed by atoms with E-state index in [1.807, 2.05) is 30.0 Å². The van der Waals surface area contributed by atoms with Crippen molar-refractivity contribution in [2.45, 2.75) is 25.9 Å². The van der Waals surface area contributed by atoms with Crippen LogP contribution in [0.25, 0.3) is 21.9 Å². The molecule has 1 saturated heterocycles. The van der Waals surface area contributed by atoms with Crippen LogP contribution in [0.3, 0.4) is 0 Å². The van der Waals surface area contributed by atoms with E-state index in [9.17, 15) is 4.79 Å². The van der Waals surface area contributed by atoms with Gasteiger partial charge in [0.2, 0.25) is 0 Å². The Bertz CT molecular complexity index is 1310. The molecule has 1 amide bonds. The molecule has 4 heterocycles. The Kier molecular flexibility index (Phi) is 5.36. The predicted molar refractivity (Wildman–Crippen MR) is 124 cm³/mol. The van der Waals surface area contributed by atoms with Crippen molar-refractivity contribution in [3.8, 4) is 0 Å². The Morgan fingerprint density at radius 2 is 2.19 bits per heavy atom. The number of imidazole rings is 1. The molecule has 0 spiro atoms. The molecule has 164 valence electrons. The standard InChI is InChI=1S/C22H23ClN8O/c1-12-9-31(7-6-24-12)22(32)18-17-14(4-3-5-15(17)23)8-16(30-18)13(2)29-21-19-20(26-10-25-19)27-11-28-21/h3-5,8,10-13,24H,6-7,9H2,1-2H3,(H2,25,26,27,28,29). The van der Waals surface area contributed by atoms with Crippen LogP contribution in [0, 0.1) is 0 Å². The van der Waals surface area contributed by atoms with Crippen LogP contribution in [0.1, 0.15) is 36.1 Å². The molecular weight excluding hydrogens is 428 g/mol. The van der Waals surface area contributed by atoms with E-state index in [-0.39, 0.29) is 18.0 Å². The molecule has 2 unspecified atom stereocenters. The van der Waals surface area contributed by atoms with Crippen LogP contribution in [-0.4, -0.2) is 61.4 Å². The van der Waals surface area contributed by atoms with Crippen molar-refractivity contribution in [2.75, 3.05) is 25.0 Å². The van der Waals surface area contributed by atoms with Crippen LogP contribution < -0.4 is 10.6 Å². The molecule has 0 saturated carbocycles. The van der Waals surface area contributed by atoms with E-state index in [0.29, 0.717) is 46.2 Å². The van der Waals surface area contributed by atoms with Gasteiger partial charge in [0.1, 0.15) is 17.5 Å². The third kappa shape index (κ3) is 3.74. The molecule has 9 nitrogen and oxygen atoms in total. The van der Waals surface area contributed by atoms with Gasteiger partial charge >= 0.3 is 0 Å². The van der Waals surface area contributed by atoms with Gasteiger partial charge < -0.3 is 20.5 Å². The SMILES string of the molecule is CC1CN(C(=O)c2nc(C(C)Nc3ncnc4nc[nH]c34)cc3cccc(Cl)c23)CCN1. The Balaban J connectivity index is 1.55. The molecule has 0 radical (unpaired) electrons. The lowest BCUT2D eigenvalue weighted by Crippen LogP contribution is -2.51. The van der Waals surface area contributed by atoms with Gasteiger partial charge in [0.25, 0.3) is 5.91 Å². The van der Waals surface area contributed by atoms with Crippen molar-refractivity contribution >= 4 is 45.3 Å². The minimum absolute atomic E-state index is 0.108. The first kappa shape index (κ1) is 20.6. The van der Waals surface area contributed by atoms with E-state index in [1.165, 1.54) is 6.33 Å². The van der Waals surface area contributed by atoms with Crippen LogP contribution in [0.4, 0.5) is 5.82 Å². The zero-order chi connectivity index (χ0) is 22.2. The van der Waals surface area contributed by atoms with Gasteiger partial charge in [-0.15, -0.1) is 0 Å². The summed E-state index contributed by atoms with van der Waals surface area (Å²) in [4.78, 5) is 35.9. The highest BCUT2D eigenvalue weighted by atomic mass is 35.5. The zero-order valence-electron chi connectivity index (χ0n) is 17.8. The molecule has 0 aliphatic carbocycles. The molecule has 10 heteroatoms. The number of fused-ring (bicyclic) bond motifs is 2. The van der Waals surface area contributed by atoms with Crippen LogP contribution in [-0.2, 0) is 0 Å². The van der Waals surface area contributed by atoms with Gasteiger partial charge in [0, 0.05) is 31.1 Å². The predicted octanol–water partition coefficient (Wildman–Crippen LogP) is 3.16. The number of halogens is 1. The number of carbonyl (C=O) groups is 1. The van der Waals surface area contributed by atoms with Crippen LogP contribution in [0.2, 0.25) is 5.02 Å². The number of nitrogens with one attached hydrogen (secondary N) is 3. The average Bonchev–Trinajstić information content (AvgIpc) is 3.28. The lowest BCUT2D eigenvalue weighted by molar-refractivity contribution is 0.0705. The average molecular weight is 451 g/mol. The number of aromatic amines is 1. The van der Waals surface area contributed by atoms with Crippen molar-refractivity contribution < 1.29 is 4.79 Å². The van der Waals surface area contributed by atoms with E-state index in [1.54, 1.807) is 12.4 Å². The summed E-state index contributed by atoms with van der Waals surface area (Å²) in [5, 5.41) is 8.80. The molecule has 5 rings (SSSR count). The van der Waals surface area contributed by atoms with E-state index in [4.69, 9.17) is 16.6 Å². The molecule has 32 heavy (non-hydrogen) atoms. The number of H-pyrrole nitrogens is 1. The van der Waals surface area contributed by atoms with Crippen molar-refractivity contribution in [1.82, 2.24) is 35.1 Å². The molecule has 2 atom stereocenters. The Labute approximate surface area is 189 Å². The Hall–Kier alpha value is -3.30. The largest absolute Gasteiger partial charge is 0.360 e. The fourth-order valence-electron chi connectivity index (χ4n) is 4.08. The number of nitrogens with zero attached hydrogens (tertiary/aromatic N) is 5. The van der Waals surface area contributed by atoms with Gasteiger partial charge in [-0.05, 0) is 31.4 Å². The minimum Gasteiger partial charge on any atom is -0.360 e. The molecule has 1 aliphatic rings. The molecular formula is C22H23ClN8O. The first-order chi connectivity index (χ1) is 15.5. The topological polar surface area (TPSA) is 112 Å². The maximum absolute atomic E-state index is 13.5. The molecule has 3 aromatic heterocycles. The number of hydrogen-bond acceptors (Lipinski definition) is 7. The smallest absolute Gasteiger partial charge is 0.273 e. The second-order valence-electron chi connectivity index (χ2n) is 8.03. The number of carbonyl (C=O) groups excluding carboxylic acids is 1. The highest BCUT2D eigenvalue weighted by Gasteiger charge is 2.26. The summed E-state index contributed by atoms with van der Waals surface area (Å²) < 4.78 is 0. The maximum atomic E-state index is 13.5. The number of piperazine rings is 1. The summed E-state index contributed by atoms with van der Waals surface area (Å²) in [6.07, 6.45) is 3.04. The third-order valence-electron chi connectivity index (χ3n) is 5.71. The number of rotatable bonds is 4. The fourth-order valence-corrected chi connectivity index (χ4v) is 4.36. The normalized spacial score (nSPS) is 17.6. The van der Waals surface area contributed by atoms with Gasteiger partial charge in [-0.1, -0.05) is 23.7 Å². The summed E-state index contributed by atoms with van der Waals surface area (Å²) in [7, 11) is 0. The van der Waals surface area contributed by atoms with Crippen molar-refractivity contribution in [2.24, 2.45) is 0 Å². The summed E-state index contributed by atoms with van der Waals surface area (Å²) in [5.41, 5.74) is 2.39. The number of pyridine rings is 1. The van der Waals surface area contributed by atoms with Crippen LogP contribution >= 0.6 is 11.6 Å². The molecule has 1 aromatic carbocycles. The summed E-state index contributed by atoms with van der Waals surface area (Å²) in [6, 6.07) is 7.59. The van der Waals surface area contributed by atoms with E-state index >= 15 is 0 Å². The maximum Gasteiger partial charge on any atom is 0.273 e. The van der Waals surface area contributed by atoms with E-state index < -0.39 is 0 Å². The van der Waals surface area contributed by atoms with Crippen molar-refractivity contribution in [3.05, 3.63) is 53.3 Å². The Morgan fingerprint density at radius 1 is 1.31 bits per heavy atom. The highest BCUT2D eigenvalue weighted by molar-refractivity contribution is 6.36. The van der Waals surface area contributed by atoms with E-state index in [2.05, 4.69) is 37.5 Å². The number of benzene rings is 1. The summed E-state index contributed by atoms with van der Waals surface area (Å²) in [6.45, 7) is 6.06. The fraction of sp³-hybridized carbons (Fsp3) is 0.318. The molecule has 3 N–H and O–H groups in total. The van der Waals surface area contributed by atoms with Gasteiger partial charge in [-0.25, -0.2) is 19.9 Å². The van der Waals surface area contributed by atoms with Gasteiger partial charge in [-0.2, -0.15) is 0 Å². The van der Waals surface area contributed by atoms with Crippen molar-refractivity contribution in [3.63, 3.8) is 0 Å². The van der Waals surface area contributed by atoms with Gasteiger partial charge in [0.05, 0.1) is 23.1 Å². The third-order valence-corrected chi connectivity index (χ3v) is 6.02. The second kappa shape index (κ2) is 8.33. The minimum atomic E-state index is -0.228. The molecule has 4 aromatic rings. The summed E-state index contributed by atoms with van der Waals surface area (Å²) in [5.74, 6) is 0.514. The number of anilines is 1. The van der Waals surface area contributed by atoms with Gasteiger partial charge in [0.15, 0.2) is 11.5 Å². The Morgan fingerprint density at radius 3 is 3.03 bits per heavy atom. The second-order valence-corrected chi connectivity index (χ2v) is 8.44. The van der Waals surface area contributed by atoms with Crippen LogP contribution in [0.15, 0.2) is 36.9 Å². The highest BCUT2D eigenvalue weighted by Crippen LogP contribution is 2.30. The first-order valence-corrected chi connectivity index (χ1v) is 10.9. The first-order valence-electron chi connectivity index (χ1n) is 10.5. The van der Waals surface area contributed by atoms with Crippen molar-refractivity contribution in [1.29, 1.82) is 0 Å². The van der Waals surface area contributed by atoms with E-state index in [0.717, 1.165) is 17.6 Å². The monoisotopic (exact) mass is 450 g/mol. The number of hydrogen-bond donors (Lipinski definition) is 3. The lowest BCUT2D eigenvalue weighted by atomic mass is 10.0. The number of aromatic nitrogens is 5. The van der Waals surface area contributed by atoms with Crippen LogP contribution in [0.5, 0.6) is 0 Å². The zero-order valence-corrected chi connectivity index (χ0v) is 18.5. The molecule has 0 bridgehead atoms. The molecule has 1 aliphatic heterocycles. The summed E-state index contributed by atoms with van der Waals surface area (Å²) >= 11 is 6.52. The number of amides is 1. The van der Waals surface area contributed by atoms with Gasteiger partial charge in [-0.3, -0.25) is 4.79 Å². The lowest BCUT2D eigenvalue weighted by Gasteiger charge is -2.32. The quantitative estimate of drug-likeness (QED) is 0.437.